The zero-order valence-corrected chi connectivity index (χ0v) is 18.5. The maximum Gasteiger partial charge on any atom is 0.412 e. The Kier molecular flexibility index (Phi) is 6.58. The zero-order chi connectivity index (χ0) is 25.7. The fraction of sp³-hybridized carbons (Fsp3) is 0.500. The van der Waals surface area contributed by atoms with Crippen LogP contribution in [-0.4, -0.2) is 53.7 Å². The Balaban J connectivity index is 1.66. The molecule has 2 fully saturated rings. The topological polar surface area (TPSA) is 46.6 Å². The molecule has 4 rings (SSSR count). The second-order valence-corrected chi connectivity index (χ2v) is 9.04. The number of ether oxygens (including phenoxy) is 1. The molecule has 1 amide bonds. The van der Waals surface area contributed by atoms with E-state index in [1.54, 1.807) is 0 Å². The molecule has 35 heavy (non-hydrogen) atoms. The Morgan fingerprint density at radius 3 is 2.29 bits per heavy atom. The van der Waals surface area contributed by atoms with Crippen LogP contribution in [0.2, 0.25) is 0 Å². The SMILES string of the molecule is C[C@@H](O[C@H]1CN2C(=O)CCC(=O)[C@H]2C1c1ccc(F)cc1)C1=CC(C(F)(F)F)CC(C(F)(F)F)=C1. The van der Waals surface area contributed by atoms with E-state index in [1.165, 1.54) is 36.1 Å². The Morgan fingerprint density at radius 2 is 1.69 bits per heavy atom. The van der Waals surface area contributed by atoms with Gasteiger partial charge in [-0.15, -0.1) is 0 Å². The zero-order valence-electron chi connectivity index (χ0n) is 18.5. The van der Waals surface area contributed by atoms with E-state index >= 15 is 0 Å². The van der Waals surface area contributed by atoms with E-state index in [-0.39, 0.29) is 36.6 Å². The number of hydrogen-bond acceptors (Lipinski definition) is 3. The molecule has 0 saturated carbocycles. The Labute approximate surface area is 196 Å². The lowest BCUT2D eigenvalue weighted by molar-refractivity contribution is -0.166. The maximum absolute atomic E-state index is 13.5. The van der Waals surface area contributed by atoms with Crippen LogP contribution in [0.3, 0.4) is 0 Å². The number of nitrogens with zero attached hydrogens (tertiary/aromatic N) is 1. The molecule has 5 atom stereocenters. The van der Waals surface area contributed by atoms with Crippen molar-refractivity contribution in [3.63, 3.8) is 0 Å². The van der Waals surface area contributed by atoms with Gasteiger partial charge >= 0.3 is 12.4 Å². The standard InChI is InChI=1S/C24H22F7NO3/c1-12(14-8-15(23(26,27)28)10-16(9-14)24(29,30)31)35-19-11-32-20(34)7-6-18(33)22(32)21(19)13-2-4-17(25)5-3-13/h2-5,8-9,12,15,19,21-22H,6-7,10-11H2,1H3/t12-,15?,19+,21?,22+/m1/s1. The molecular formula is C24H22F7NO3. The number of ketones is 1. The molecule has 0 aromatic heterocycles. The lowest BCUT2D eigenvalue weighted by Gasteiger charge is -2.31. The molecule has 2 unspecified atom stereocenters. The second-order valence-electron chi connectivity index (χ2n) is 9.04. The smallest absolute Gasteiger partial charge is 0.368 e. The van der Waals surface area contributed by atoms with Gasteiger partial charge in [-0.05, 0) is 42.7 Å². The van der Waals surface area contributed by atoms with Gasteiger partial charge in [-0.3, -0.25) is 9.59 Å². The molecule has 11 heteroatoms. The summed E-state index contributed by atoms with van der Waals surface area (Å²) in [5.74, 6) is -4.13. The van der Waals surface area contributed by atoms with Crippen molar-refractivity contribution < 1.29 is 45.1 Å². The lowest BCUT2D eigenvalue weighted by Crippen LogP contribution is -2.46. The van der Waals surface area contributed by atoms with Crippen LogP contribution < -0.4 is 0 Å². The average Bonchev–Trinajstić information content (AvgIpc) is 3.15. The summed E-state index contributed by atoms with van der Waals surface area (Å²) in [6, 6.07) is 4.30. The number of halogens is 7. The molecular weight excluding hydrogens is 483 g/mol. The van der Waals surface area contributed by atoms with Gasteiger partial charge < -0.3 is 9.64 Å². The van der Waals surface area contributed by atoms with Gasteiger partial charge in [-0.2, -0.15) is 26.3 Å². The number of fused-ring (bicyclic) bond motifs is 1. The fourth-order valence-electron chi connectivity index (χ4n) is 5.02. The third-order valence-electron chi connectivity index (χ3n) is 6.75. The van der Waals surface area contributed by atoms with Crippen LogP contribution in [0.1, 0.15) is 37.7 Å². The molecule has 3 aliphatic rings. The summed E-state index contributed by atoms with van der Waals surface area (Å²) < 4.78 is 99.5. The number of allylic oxidation sites excluding steroid dienone is 2. The first kappa shape index (κ1) is 25.4. The summed E-state index contributed by atoms with van der Waals surface area (Å²) in [6.07, 6.45) is -11.7. The van der Waals surface area contributed by atoms with E-state index in [4.69, 9.17) is 4.74 Å². The van der Waals surface area contributed by atoms with Crippen molar-refractivity contribution in [2.24, 2.45) is 5.92 Å². The third-order valence-corrected chi connectivity index (χ3v) is 6.75. The summed E-state index contributed by atoms with van der Waals surface area (Å²) >= 11 is 0. The van der Waals surface area contributed by atoms with Crippen molar-refractivity contribution in [2.75, 3.05) is 6.54 Å². The van der Waals surface area contributed by atoms with Crippen LogP contribution in [0.25, 0.3) is 0 Å². The highest BCUT2D eigenvalue weighted by Gasteiger charge is 2.51. The van der Waals surface area contributed by atoms with Crippen molar-refractivity contribution in [3.05, 3.63) is 58.9 Å². The Hall–Kier alpha value is -2.69. The van der Waals surface area contributed by atoms with E-state index < -0.39 is 60.2 Å². The molecule has 4 nitrogen and oxygen atoms in total. The summed E-state index contributed by atoms with van der Waals surface area (Å²) in [7, 11) is 0. The average molecular weight is 505 g/mol. The van der Waals surface area contributed by atoms with Crippen LogP contribution in [-0.2, 0) is 14.3 Å². The van der Waals surface area contributed by atoms with E-state index in [0.29, 0.717) is 11.6 Å². The van der Waals surface area contributed by atoms with Crippen molar-refractivity contribution in [2.45, 2.75) is 62.7 Å². The number of alkyl halides is 6. The largest absolute Gasteiger partial charge is 0.412 e. The number of benzene rings is 1. The predicted octanol–water partition coefficient (Wildman–Crippen LogP) is 5.25. The minimum absolute atomic E-state index is 0.00381. The number of carbonyl (C=O) groups is 2. The predicted molar refractivity (Wildman–Crippen MR) is 110 cm³/mol. The highest BCUT2D eigenvalue weighted by Crippen LogP contribution is 2.44. The van der Waals surface area contributed by atoms with Gasteiger partial charge in [0.2, 0.25) is 5.91 Å². The van der Waals surface area contributed by atoms with Gasteiger partial charge in [0, 0.05) is 30.9 Å². The molecule has 2 saturated heterocycles. The molecule has 1 aromatic rings. The summed E-state index contributed by atoms with van der Waals surface area (Å²) in [6.45, 7) is 1.27. The first-order chi connectivity index (χ1) is 16.3. The number of hydrogen-bond donors (Lipinski definition) is 0. The minimum atomic E-state index is -4.94. The molecule has 2 heterocycles. The quantitative estimate of drug-likeness (QED) is 0.525. The minimum Gasteiger partial charge on any atom is -0.368 e. The van der Waals surface area contributed by atoms with Gasteiger partial charge in [-0.25, -0.2) is 4.39 Å². The lowest BCUT2D eigenvalue weighted by atomic mass is 9.84. The van der Waals surface area contributed by atoms with Crippen LogP contribution in [0.5, 0.6) is 0 Å². The monoisotopic (exact) mass is 505 g/mol. The summed E-state index contributed by atoms with van der Waals surface area (Å²) in [5.41, 5.74) is -1.11. The normalized spacial score (nSPS) is 28.5. The third kappa shape index (κ3) is 5.14. The van der Waals surface area contributed by atoms with Crippen molar-refractivity contribution in [1.29, 1.82) is 0 Å². The number of Topliss-reactive ketones (excluding diaryl/α,β-unsaturated/α-hetero) is 1. The Bertz CT molecular complexity index is 1060. The van der Waals surface area contributed by atoms with Gasteiger partial charge in [0.15, 0.2) is 5.78 Å². The molecule has 1 aliphatic carbocycles. The van der Waals surface area contributed by atoms with E-state index in [1.807, 2.05) is 0 Å². The number of piperidine rings is 1. The summed E-state index contributed by atoms with van der Waals surface area (Å²) in [4.78, 5) is 26.5. The molecule has 0 bridgehead atoms. The molecule has 0 N–H and O–H groups in total. The van der Waals surface area contributed by atoms with Crippen LogP contribution in [0.4, 0.5) is 30.7 Å². The van der Waals surface area contributed by atoms with Gasteiger partial charge in [0.1, 0.15) is 5.82 Å². The van der Waals surface area contributed by atoms with Gasteiger partial charge in [0.25, 0.3) is 0 Å². The van der Waals surface area contributed by atoms with Crippen molar-refractivity contribution in [3.8, 4) is 0 Å². The molecule has 1 aromatic carbocycles. The number of carbonyl (C=O) groups excluding carboxylic acids is 2. The molecule has 0 radical (unpaired) electrons. The number of amides is 1. The van der Waals surface area contributed by atoms with Crippen molar-refractivity contribution in [1.82, 2.24) is 4.90 Å². The van der Waals surface area contributed by atoms with E-state index in [9.17, 15) is 40.3 Å². The molecule has 190 valence electrons. The van der Waals surface area contributed by atoms with Crippen LogP contribution in [0.15, 0.2) is 47.6 Å². The summed E-state index contributed by atoms with van der Waals surface area (Å²) in [5, 5.41) is 0. The first-order valence-electron chi connectivity index (χ1n) is 11.0. The highest BCUT2D eigenvalue weighted by atomic mass is 19.4. The van der Waals surface area contributed by atoms with E-state index in [2.05, 4.69) is 0 Å². The fourth-order valence-corrected chi connectivity index (χ4v) is 5.02. The second kappa shape index (κ2) is 9.07. The number of rotatable bonds is 4. The van der Waals surface area contributed by atoms with Gasteiger partial charge in [-0.1, -0.05) is 18.2 Å². The highest BCUT2D eigenvalue weighted by molar-refractivity contribution is 5.96. The van der Waals surface area contributed by atoms with Crippen LogP contribution >= 0.6 is 0 Å². The Morgan fingerprint density at radius 1 is 1.03 bits per heavy atom. The van der Waals surface area contributed by atoms with Gasteiger partial charge in [0.05, 0.1) is 24.2 Å². The molecule has 0 spiro atoms. The maximum atomic E-state index is 13.5. The first-order valence-corrected chi connectivity index (χ1v) is 11.0. The van der Waals surface area contributed by atoms with Crippen LogP contribution in [0, 0.1) is 11.7 Å². The van der Waals surface area contributed by atoms with Crippen molar-refractivity contribution >= 4 is 11.7 Å². The molecule has 2 aliphatic heterocycles. The van der Waals surface area contributed by atoms with E-state index in [0.717, 1.165) is 6.08 Å².